The molecule has 2 aromatic heterocycles. The number of thiophene rings is 1. The molecule has 2 heterocycles. The summed E-state index contributed by atoms with van der Waals surface area (Å²) in [6, 6.07) is 9.78. The fourth-order valence-electron chi connectivity index (χ4n) is 2.30. The van der Waals surface area contributed by atoms with E-state index in [-0.39, 0.29) is 28.1 Å². The number of pyridine rings is 1. The summed E-state index contributed by atoms with van der Waals surface area (Å²) in [5.41, 5.74) is 11.6. The number of hydrogen-bond acceptors (Lipinski definition) is 4. The maximum atomic E-state index is 13.4. The predicted octanol–water partition coefficient (Wildman–Crippen LogP) is 4.02. The molecule has 22 heavy (non-hydrogen) atoms. The average Bonchev–Trinajstić information content (AvgIpc) is 2.82. The number of nitrogens with zero attached hydrogens (tertiary/aromatic N) is 1. The van der Waals surface area contributed by atoms with Gasteiger partial charge in [-0.25, -0.2) is 4.98 Å². The molecule has 0 aliphatic carbocycles. The standard InChI is InChI=1S/C15H12F3N3S/c16-15(17,18)9-6-10(8-4-2-1-3-5-8)21-14-12(9)13(20)11(7-19)22-14/h1-6H,7,19-20H2. The zero-order valence-electron chi connectivity index (χ0n) is 11.3. The van der Waals surface area contributed by atoms with E-state index >= 15 is 0 Å². The normalized spacial score (nSPS) is 12.0. The molecule has 7 heteroatoms. The van der Waals surface area contributed by atoms with Gasteiger partial charge in [0.05, 0.1) is 16.9 Å². The van der Waals surface area contributed by atoms with Gasteiger partial charge in [-0.2, -0.15) is 13.2 Å². The summed E-state index contributed by atoms with van der Waals surface area (Å²) in [5, 5.41) is -0.0577. The second kappa shape index (κ2) is 5.26. The summed E-state index contributed by atoms with van der Waals surface area (Å²) in [5.74, 6) is 0. The van der Waals surface area contributed by atoms with Crippen molar-refractivity contribution in [1.82, 2.24) is 4.98 Å². The second-order valence-electron chi connectivity index (χ2n) is 4.74. The smallest absolute Gasteiger partial charge is 0.397 e. The summed E-state index contributed by atoms with van der Waals surface area (Å²) in [7, 11) is 0. The van der Waals surface area contributed by atoms with Crippen molar-refractivity contribution in [3.05, 3.63) is 46.8 Å². The maximum absolute atomic E-state index is 13.4. The van der Waals surface area contributed by atoms with Crippen LogP contribution in [-0.4, -0.2) is 4.98 Å². The Morgan fingerprint density at radius 2 is 1.82 bits per heavy atom. The first kappa shape index (κ1) is 14.8. The van der Waals surface area contributed by atoms with Crippen molar-refractivity contribution in [2.45, 2.75) is 12.7 Å². The topological polar surface area (TPSA) is 64.9 Å². The molecule has 0 spiro atoms. The van der Waals surface area contributed by atoms with E-state index in [0.717, 1.165) is 17.4 Å². The maximum Gasteiger partial charge on any atom is 0.417 e. The van der Waals surface area contributed by atoms with Crippen LogP contribution in [0.5, 0.6) is 0 Å². The Morgan fingerprint density at radius 1 is 1.14 bits per heavy atom. The molecular weight excluding hydrogens is 311 g/mol. The zero-order valence-corrected chi connectivity index (χ0v) is 12.1. The van der Waals surface area contributed by atoms with Crippen molar-refractivity contribution in [3.8, 4) is 11.3 Å². The summed E-state index contributed by atoms with van der Waals surface area (Å²) < 4.78 is 40.2. The molecule has 0 atom stereocenters. The average molecular weight is 323 g/mol. The van der Waals surface area contributed by atoms with Gasteiger partial charge in [-0.3, -0.25) is 0 Å². The van der Waals surface area contributed by atoms with Crippen molar-refractivity contribution in [2.75, 3.05) is 5.73 Å². The minimum Gasteiger partial charge on any atom is -0.397 e. The first-order valence-electron chi connectivity index (χ1n) is 6.46. The van der Waals surface area contributed by atoms with Crippen LogP contribution in [0.3, 0.4) is 0 Å². The molecule has 1 aromatic carbocycles. The lowest BCUT2D eigenvalue weighted by molar-refractivity contribution is -0.136. The van der Waals surface area contributed by atoms with Crippen molar-refractivity contribution in [2.24, 2.45) is 5.73 Å². The molecule has 3 aromatic rings. The van der Waals surface area contributed by atoms with Crippen molar-refractivity contribution < 1.29 is 13.2 Å². The van der Waals surface area contributed by atoms with Crippen LogP contribution in [0.2, 0.25) is 0 Å². The third-order valence-corrected chi connectivity index (χ3v) is 4.46. The monoisotopic (exact) mass is 323 g/mol. The molecule has 0 saturated carbocycles. The van der Waals surface area contributed by atoms with Crippen LogP contribution in [-0.2, 0) is 12.7 Å². The van der Waals surface area contributed by atoms with E-state index in [9.17, 15) is 13.2 Å². The molecule has 0 amide bonds. The highest BCUT2D eigenvalue weighted by molar-refractivity contribution is 7.19. The van der Waals surface area contributed by atoms with Crippen LogP contribution >= 0.6 is 11.3 Å². The molecule has 0 fully saturated rings. The number of anilines is 1. The second-order valence-corrected chi connectivity index (χ2v) is 5.83. The molecule has 0 bridgehead atoms. The van der Waals surface area contributed by atoms with Crippen LogP contribution in [0.15, 0.2) is 36.4 Å². The SMILES string of the molecule is NCc1sc2nc(-c3ccccc3)cc(C(F)(F)F)c2c1N. The number of rotatable bonds is 2. The molecule has 0 aliphatic heterocycles. The molecule has 3 nitrogen and oxygen atoms in total. The Balaban J connectivity index is 2.35. The van der Waals surface area contributed by atoms with Gasteiger partial charge < -0.3 is 11.5 Å². The predicted molar refractivity (Wildman–Crippen MR) is 82.4 cm³/mol. The fourth-order valence-corrected chi connectivity index (χ4v) is 3.29. The van der Waals surface area contributed by atoms with Crippen LogP contribution in [0, 0.1) is 0 Å². The molecular formula is C15H12F3N3S. The van der Waals surface area contributed by atoms with Crippen molar-refractivity contribution >= 4 is 27.2 Å². The summed E-state index contributed by atoms with van der Waals surface area (Å²) >= 11 is 1.10. The molecule has 3 rings (SSSR count). The highest BCUT2D eigenvalue weighted by Gasteiger charge is 2.35. The number of hydrogen-bond donors (Lipinski definition) is 2. The number of halogens is 3. The highest BCUT2D eigenvalue weighted by atomic mass is 32.1. The van der Waals surface area contributed by atoms with Gasteiger partial charge in [0.15, 0.2) is 0 Å². The van der Waals surface area contributed by atoms with Gasteiger partial charge in [-0.15, -0.1) is 11.3 Å². The number of nitrogens with two attached hydrogens (primary N) is 2. The third kappa shape index (κ3) is 2.42. The third-order valence-electron chi connectivity index (χ3n) is 3.34. The van der Waals surface area contributed by atoms with Crippen molar-refractivity contribution in [3.63, 3.8) is 0 Å². The molecule has 0 radical (unpaired) electrons. The minimum absolute atomic E-state index is 0.0577. The van der Waals surface area contributed by atoms with Gasteiger partial charge >= 0.3 is 6.18 Å². The summed E-state index contributed by atoms with van der Waals surface area (Å²) in [4.78, 5) is 5.10. The lowest BCUT2D eigenvalue weighted by atomic mass is 10.1. The fraction of sp³-hybridized carbons (Fsp3) is 0.133. The Labute approximate surface area is 128 Å². The molecule has 0 saturated heterocycles. The van der Waals surface area contributed by atoms with Gasteiger partial charge in [0, 0.05) is 22.4 Å². The summed E-state index contributed by atoms with van der Waals surface area (Å²) in [6.45, 7) is 0.0881. The van der Waals surface area contributed by atoms with Crippen LogP contribution in [0.1, 0.15) is 10.4 Å². The first-order valence-corrected chi connectivity index (χ1v) is 7.28. The largest absolute Gasteiger partial charge is 0.417 e. The number of benzene rings is 1. The Hall–Kier alpha value is -2.12. The molecule has 4 N–H and O–H groups in total. The number of alkyl halides is 3. The van der Waals surface area contributed by atoms with Gasteiger partial charge in [-0.05, 0) is 6.07 Å². The number of fused-ring (bicyclic) bond motifs is 1. The van der Waals surface area contributed by atoms with Gasteiger partial charge in [0.25, 0.3) is 0 Å². The number of aromatic nitrogens is 1. The summed E-state index contributed by atoms with van der Waals surface area (Å²) in [6.07, 6.45) is -4.51. The lowest BCUT2D eigenvalue weighted by Crippen LogP contribution is -2.08. The van der Waals surface area contributed by atoms with Gasteiger partial charge in [0.2, 0.25) is 0 Å². The van der Waals surface area contributed by atoms with Gasteiger partial charge in [0.1, 0.15) is 4.83 Å². The zero-order chi connectivity index (χ0) is 15.9. The van der Waals surface area contributed by atoms with Gasteiger partial charge in [-0.1, -0.05) is 30.3 Å². The van der Waals surface area contributed by atoms with E-state index < -0.39 is 11.7 Å². The Morgan fingerprint density at radius 3 is 2.41 bits per heavy atom. The Kier molecular flexibility index (Phi) is 3.54. The van der Waals surface area contributed by atoms with Crippen LogP contribution < -0.4 is 11.5 Å². The lowest BCUT2D eigenvalue weighted by Gasteiger charge is -2.11. The van der Waals surface area contributed by atoms with Crippen molar-refractivity contribution in [1.29, 1.82) is 0 Å². The van der Waals surface area contributed by atoms with E-state index in [1.807, 2.05) is 0 Å². The van der Waals surface area contributed by atoms with E-state index in [2.05, 4.69) is 4.98 Å². The van der Waals surface area contributed by atoms with E-state index in [1.165, 1.54) is 0 Å². The first-order chi connectivity index (χ1) is 10.4. The van der Waals surface area contributed by atoms with E-state index in [0.29, 0.717) is 10.4 Å². The minimum atomic E-state index is -4.51. The van der Waals surface area contributed by atoms with Crippen LogP contribution in [0.4, 0.5) is 18.9 Å². The van der Waals surface area contributed by atoms with Crippen LogP contribution in [0.25, 0.3) is 21.5 Å². The molecule has 114 valence electrons. The molecule has 0 unspecified atom stereocenters. The quantitative estimate of drug-likeness (QED) is 0.748. The van der Waals surface area contributed by atoms with E-state index in [1.54, 1.807) is 30.3 Å². The molecule has 0 aliphatic rings. The highest BCUT2D eigenvalue weighted by Crippen LogP contribution is 2.43. The number of nitrogen functional groups attached to an aromatic ring is 1. The van der Waals surface area contributed by atoms with E-state index in [4.69, 9.17) is 11.5 Å². The Bertz CT molecular complexity index is 825.